The Morgan fingerprint density at radius 3 is 2.59 bits per heavy atom. The summed E-state index contributed by atoms with van der Waals surface area (Å²) in [5.41, 5.74) is 2.49. The topological polar surface area (TPSA) is 83.8 Å². The van der Waals surface area contributed by atoms with Crippen LogP contribution < -0.4 is 5.32 Å². The number of benzene rings is 2. The van der Waals surface area contributed by atoms with E-state index in [4.69, 9.17) is 0 Å². The van der Waals surface area contributed by atoms with Crippen LogP contribution in [0.5, 0.6) is 0 Å². The number of nitro groups is 1. The van der Waals surface area contributed by atoms with Crippen molar-refractivity contribution >= 4 is 11.4 Å². The summed E-state index contributed by atoms with van der Waals surface area (Å²) >= 11 is 0. The van der Waals surface area contributed by atoms with E-state index in [-0.39, 0.29) is 5.69 Å². The van der Waals surface area contributed by atoms with Gasteiger partial charge in [-0.3, -0.25) is 10.1 Å². The highest BCUT2D eigenvalue weighted by atomic mass is 16.6. The van der Waals surface area contributed by atoms with Crippen LogP contribution >= 0.6 is 0 Å². The van der Waals surface area contributed by atoms with Gasteiger partial charge < -0.3 is 10.3 Å². The monoisotopic (exact) mass is 294 g/mol. The molecule has 1 heterocycles. The third-order valence-corrected chi connectivity index (χ3v) is 3.26. The van der Waals surface area contributed by atoms with Crippen molar-refractivity contribution in [3.8, 4) is 11.3 Å². The van der Waals surface area contributed by atoms with E-state index in [0.717, 1.165) is 17.1 Å². The molecule has 6 heteroatoms. The van der Waals surface area contributed by atoms with Gasteiger partial charge in [0.1, 0.15) is 11.5 Å². The van der Waals surface area contributed by atoms with Crippen LogP contribution in [-0.4, -0.2) is 14.9 Å². The summed E-state index contributed by atoms with van der Waals surface area (Å²) in [5.74, 6) is 0.719. The van der Waals surface area contributed by atoms with Gasteiger partial charge in [-0.1, -0.05) is 42.5 Å². The average Bonchev–Trinajstić information content (AvgIpc) is 3.03. The first kappa shape index (κ1) is 13.8. The molecule has 0 unspecified atom stereocenters. The van der Waals surface area contributed by atoms with Crippen LogP contribution in [0.15, 0.2) is 60.8 Å². The fourth-order valence-corrected chi connectivity index (χ4v) is 2.18. The first-order valence-corrected chi connectivity index (χ1v) is 6.80. The summed E-state index contributed by atoms with van der Waals surface area (Å²) in [5, 5.41) is 14.0. The predicted octanol–water partition coefficient (Wildman–Crippen LogP) is 3.60. The van der Waals surface area contributed by atoms with Crippen molar-refractivity contribution in [1.29, 1.82) is 0 Å². The number of hydrogen-bond acceptors (Lipinski definition) is 4. The molecule has 2 aromatic carbocycles. The molecule has 3 aromatic rings. The molecule has 6 nitrogen and oxygen atoms in total. The van der Waals surface area contributed by atoms with Gasteiger partial charge >= 0.3 is 0 Å². The molecule has 0 spiro atoms. The summed E-state index contributed by atoms with van der Waals surface area (Å²) in [6.07, 6.45) is 1.76. The van der Waals surface area contributed by atoms with Crippen LogP contribution in [0.2, 0.25) is 0 Å². The zero-order valence-corrected chi connectivity index (χ0v) is 11.7. The molecule has 22 heavy (non-hydrogen) atoms. The number of nitrogens with one attached hydrogen (secondary N) is 2. The van der Waals surface area contributed by atoms with Gasteiger partial charge in [0.05, 0.1) is 23.4 Å². The number of hydrogen-bond donors (Lipinski definition) is 2. The van der Waals surface area contributed by atoms with Crippen LogP contribution in [0.1, 0.15) is 5.82 Å². The van der Waals surface area contributed by atoms with Crippen molar-refractivity contribution in [2.45, 2.75) is 6.54 Å². The number of nitrogens with zero attached hydrogens (tertiary/aromatic N) is 2. The van der Waals surface area contributed by atoms with E-state index in [0.29, 0.717) is 12.2 Å². The number of nitro benzene ring substituents is 1. The Balaban J connectivity index is 1.73. The predicted molar refractivity (Wildman–Crippen MR) is 84.4 cm³/mol. The number of imidazole rings is 1. The molecule has 2 N–H and O–H groups in total. The number of para-hydroxylation sites is 2. The number of anilines is 1. The second-order valence-electron chi connectivity index (χ2n) is 4.74. The highest BCUT2D eigenvalue weighted by Crippen LogP contribution is 2.23. The molecule has 0 aliphatic heterocycles. The molecule has 0 aliphatic carbocycles. The van der Waals surface area contributed by atoms with Gasteiger partial charge in [-0.25, -0.2) is 4.98 Å². The minimum atomic E-state index is -0.403. The first-order valence-electron chi connectivity index (χ1n) is 6.80. The lowest BCUT2D eigenvalue weighted by Crippen LogP contribution is -2.03. The maximum atomic E-state index is 11.0. The summed E-state index contributed by atoms with van der Waals surface area (Å²) in [6, 6.07) is 16.4. The standard InChI is InChI=1S/C16H14N4O2/c21-20(22)15-9-5-4-8-13(15)17-11-16-18-10-14(19-16)12-6-2-1-3-7-12/h1-10,17H,11H2,(H,18,19). The van der Waals surface area contributed by atoms with E-state index in [1.807, 2.05) is 30.3 Å². The third-order valence-electron chi connectivity index (χ3n) is 3.26. The normalized spacial score (nSPS) is 10.4. The molecule has 0 atom stereocenters. The summed E-state index contributed by atoms with van der Waals surface area (Å²) in [4.78, 5) is 18.1. The van der Waals surface area contributed by atoms with E-state index < -0.39 is 4.92 Å². The molecule has 1 aromatic heterocycles. The minimum absolute atomic E-state index is 0.0531. The van der Waals surface area contributed by atoms with Gasteiger partial charge in [0, 0.05) is 6.07 Å². The Morgan fingerprint density at radius 2 is 1.82 bits per heavy atom. The maximum Gasteiger partial charge on any atom is 0.292 e. The summed E-state index contributed by atoms with van der Waals surface area (Å²) in [7, 11) is 0. The molecule has 0 saturated heterocycles. The zero-order valence-electron chi connectivity index (χ0n) is 11.7. The van der Waals surface area contributed by atoms with Gasteiger partial charge in [0.15, 0.2) is 0 Å². The zero-order chi connectivity index (χ0) is 15.4. The number of rotatable bonds is 5. The first-order chi connectivity index (χ1) is 10.7. The van der Waals surface area contributed by atoms with Crippen molar-refractivity contribution in [3.05, 3.63) is 76.7 Å². The smallest absolute Gasteiger partial charge is 0.292 e. The Kier molecular flexibility index (Phi) is 3.82. The van der Waals surface area contributed by atoms with Gasteiger partial charge in [0.25, 0.3) is 5.69 Å². The maximum absolute atomic E-state index is 11.0. The number of H-pyrrole nitrogens is 1. The SMILES string of the molecule is O=[N+]([O-])c1ccccc1NCc1ncc(-c2ccccc2)[nH]1. The van der Waals surface area contributed by atoms with Gasteiger partial charge in [-0.2, -0.15) is 0 Å². The van der Waals surface area contributed by atoms with E-state index in [2.05, 4.69) is 15.3 Å². The minimum Gasteiger partial charge on any atom is -0.372 e. The average molecular weight is 294 g/mol. The molecule has 110 valence electrons. The Hall–Kier alpha value is -3.15. The van der Waals surface area contributed by atoms with E-state index in [9.17, 15) is 10.1 Å². The quantitative estimate of drug-likeness (QED) is 0.556. The largest absolute Gasteiger partial charge is 0.372 e. The molecule has 0 radical (unpaired) electrons. The Bertz CT molecular complexity index is 784. The Labute approximate surface area is 127 Å². The molecule has 0 fully saturated rings. The van der Waals surface area contributed by atoms with Crippen molar-refractivity contribution in [3.63, 3.8) is 0 Å². The lowest BCUT2D eigenvalue weighted by atomic mass is 10.2. The highest BCUT2D eigenvalue weighted by molar-refractivity contribution is 5.61. The summed E-state index contributed by atoms with van der Waals surface area (Å²) < 4.78 is 0. The van der Waals surface area contributed by atoms with Crippen molar-refractivity contribution < 1.29 is 4.92 Å². The molecular formula is C16H14N4O2. The fourth-order valence-electron chi connectivity index (χ4n) is 2.18. The van der Waals surface area contributed by atoms with E-state index >= 15 is 0 Å². The van der Waals surface area contributed by atoms with Gasteiger partial charge in [0.2, 0.25) is 0 Å². The van der Waals surface area contributed by atoms with Crippen molar-refractivity contribution in [2.24, 2.45) is 0 Å². The van der Waals surface area contributed by atoms with Gasteiger partial charge in [-0.05, 0) is 11.6 Å². The van der Waals surface area contributed by atoms with Crippen LogP contribution in [0, 0.1) is 10.1 Å². The Morgan fingerprint density at radius 1 is 1.09 bits per heavy atom. The number of aromatic nitrogens is 2. The second-order valence-corrected chi connectivity index (χ2v) is 4.74. The van der Waals surface area contributed by atoms with Crippen LogP contribution in [-0.2, 0) is 6.54 Å². The van der Waals surface area contributed by atoms with Crippen molar-refractivity contribution in [2.75, 3.05) is 5.32 Å². The van der Waals surface area contributed by atoms with Crippen LogP contribution in [0.25, 0.3) is 11.3 Å². The summed E-state index contributed by atoms with van der Waals surface area (Å²) in [6.45, 7) is 0.387. The third kappa shape index (κ3) is 2.95. The fraction of sp³-hybridized carbons (Fsp3) is 0.0625. The molecular weight excluding hydrogens is 280 g/mol. The lowest BCUT2D eigenvalue weighted by molar-refractivity contribution is -0.384. The lowest BCUT2D eigenvalue weighted by Gasteiger charge is -2.05. The highest BCUT2D eigenvalue weighted by Gasteiger charge is 2.12. The molecule has 0 aliphatic rings. The van der Waals surface area contributed by atoms with E-state index in [1.165, 1.54) is 6.07 Å². The molecule has 0 bridgehead atoms. The van der Waals surface area contributed by atoms with Crippen LogP contribution in [0.4, 0.5) is 11.4 Å². The van der Waals surface area contributed by atoms with Gasteiger partial charge in [-0.15, -0.1) is 0 Å². The van der Waals surface area contributed by atoms with Crippen LogP contribution in [0.3, 0.4) is 0 Å². The second kappa shape index (κ2) is 6.09. The molecule has 3 rings (SSSR count). The molecule has 0 amide bonds. The number of aromatic amines is 1. The van der Waals surface area contributed by atoms with Crippen molar-refractivity contribution in [1.82, 2.24) is 9.97 Å². The molecule has 0 saturated carbocycles. The van der Waals surface area contributed by atoms with E-state index in [1.54, 1.807) is 24.4 Å².